The number of nitrogen functional groups attached to an aromatic ring is 1. The van der Waals surface area contributed by atoms with Gasteiger partial charge in [-0.1, -0.05) is 11.6 Å². The van der Waals surface area contributed by atoms with Crippen molar-refractivity contribution in [3.63, 3.8) is 0 Å². The lowest BCUT2D eigenvalue weighted by Crippen LogP contribution is -2.07. The van der Waals surface area contributed by atoms with E-state index >= 15 is 0 Å². The number of azo groups is 1. The third-order valence-corrected chi connectivity index (χ3v) is 2.91. The fourth-order valence-electron chi connectivity index (χ4n) is 1.53. The summed E-state index contributed by atoms with van der Waals surface area (Å²) in [4.78, 5) is 2.03. The fraction of sp³-hybridized carbons (Fsp3) is 0.143. The highest BCUT2D eigenvalue weighted by molar-refractivity contribution is 6.33. The van der Waals surface area contributed by atoms with Crippen LogP contribution in [0.15, 0.2) is 52.7 Å². The fourth-order valence-corrected chi connectivity index (χ4v) is 1.76. The summed E-state index contributed by atoms with van der Waals surface area (Å²) in [5.41, 5.74) is 8.72. The number of halogens is 1. The molecule has 19 heavy (non-hydrogen) atoms. The predicted molar refractivity (Wildman–Crippen MR) is 80.8 cm³/mol. The van der Waals surface area contributed by atoms with E-state index in [1.54, 1.807) is 18.2 Å². The largest absolute Gasteiger partial charge is 0.399 e. The van der Waals surface area contributed by atoms with Crippen LogP contribution < -0.4 is 10.6 Å². The minimum absolute atomic E-state index is 0.494. The van der Waals surface area contributed by atoms with Crippen molar-refractivity contribution >= 4 is 34.4 Å². The van der Waals surface area contributed by atoms with E-state index in [0.29, 0.717) is 16.4 Å². The maximum Gasteiger partial charge on any atom is 0.104 e. The maximum absolute atomic E-state index is 6.02. The van der Waals surface area contributed by atoms with E-state index in [0.717, 1.165) is 11.4 Å². The molecule has 0 amide bonds. The van der Waals surface area contributed by atoms with E-state index in [9.17, 15) is 0 Å². The Morgan fingerprint density at radius 1 is 1.00 bits per heavy atom. The smallest absolute Gasteiger partial charge is 0.104 e. The lowest BCUT2D eigenvalue weighted by Gasteiger charge is -2.11. The summed E-state index contributed by atoms with van der Waals surface area (Å²) in [6.45, 7) is 0. The summed E-state index contributed by atoms with van der Waals surface area (Å²) < 4.78 is 0. The first-order valence-electron chi connectivity index (χ1n) is 5.80. The van der Waals surface area contributed by atoms with Crippen molar-refractivity contribution in [3.05, 3.63) is 47.5 Å². The van der Waals surface area contributed by atoms with Gasteiger partial charge in [-0.2, -0.15) is 5.11 Å². The first-order valence-corrected chi connectivity index (χ1v) is 6.18. The molecule has 98 valence electrons. The Kier molecular flexibility index (Phi) is 4.02. The molecule has 0 saturated carbocycles. The molecule has 2 aromatic rings. The van der Waals surface area contributed by atoms with E-state index in [-0.39, 0.29) is 0 Å². The maximum atomic E-state index is 6.02. The van der Waals surface area contributed by atoms with Gasteiger partial charge in [0, 0.05) is 25.5 Å². The zero-order valence-corrected chi connectivity index (χ0v) is 11.6. The number of nitrogens with zero attached hydrogens (tertiary/aromatic N) is 3. The van der Waals surface area contributed by atoms with Crippen LogP contribution in [0.5, 0.6) is 0 Å². The van der Waals surface area contributed by atoms with Crippen molar-refractivity contribution in [2.24, 2.45) is 10.2 Å². The number of hydrogen-bond acceptors (Lipinski definition) is 4. The molecule has 0 saturated heterocycles. The number of rotatable bonds is 3. The van der Waals surface area contributed by atoms with Gasteiger partial charge in [0.15, 0.2) is 0 Å². The molecule has 2 N–H and O–H groups in total. The predicted octanol–water partition coefficient (Wildman–Crippen LogP) is 4.40. The van der Waals surface area contributed by atoms with Gasteiger partial charge >= 0.3 is 0 Å². The Morgan fingerprint density at radius 3 is 2.26 bits per heavy atom. The molecule has 0 bridgehead atoms. The molecule has 0 heterocycles. The van der Waals surface area contributed by atoms with Gasteiger partial charge in [-0.05, 0) is 42.5 Å². The van der Waals surface area contributed by atoms with Crippen LogP contribution in [0.25, 0.3) is 0 Å². The monoisotopic (exact) mass is 274 g/mol. The van der Waals surface area contributed by atoms with Crippen LogP contribution in [0.2, 0.25) is 5.02 Å². The van der Waals surface area contributed by atoms with Gasteiger partial charge in [0.25, 0.3) is 0 Å². The summed E-state index contributed by atoms with van der Waals surface area (Å²) >= 11 is 6.02. The van der Waals surface area contributed by atoms with Gasteiger partial charge in [0.1, 0.15) is 5.69 Å². The molecule has 5 heteroatoms. The quantitative estimate of drug-likeness (QED) is 0.666. The van der Waals surface area contributed by atoms with Gasteiger partial charge in [-0.15, -0.1) is 5.11 Å². The SMILES string of the molecule is CN(C)c1ccc(N=Nc2ccc(N)cc2Cl)cc1. The van der Waals surface area contributed by atoms with Crippen molar-refractivity contribution in [1.82, 2.24) is 0 Å². The van der Waals surface area contributed by atoms with E-state index < -0.39 is 0 Å². The highest BCUT2D eigenvalue weighted by Gasteiger charge is 1.99. The van der Waals surface area contributed by atoms with Gasteiger partial charge in [-0.25, -0.2) is 0 Å². The van der Waals surface area contributed by atoms with Crippen molar-refractivity contribution < 1.29 is 0 Å². The summed E-state index contributed by atoms with van der Waals surface area (Å²) in [6.07, 6.45) is 0. The standard InChI is InChI=1S/C14H15ClN4/c1-19(2)12-6-4-11(5-7-12)17-18-14-8-3-10(16)9-13(14)15/h3-9H,16H2,1-2H3. The second-order valence-corrected chi connectivity index (χ2v) is 4.73. The molecular weight excluding hydrogens is 260 g/mol. The van der Waals surface area contributed by atoms with Crippen molar-refractivity contribution in [3.8, 4) is 0 Å². The minimum atomic E-state index is 0.494. The molecule has 0 radical (unpaired) electrons. The van der Waals surface area contributed by atoms with Crippen molar-refractivity contribution in [2.45, 2.75) is 0 Å². The lowest BCUT2D eigenvalue weighted by atomic mass is 10.3. The van der Waals surface area contributed by atoms with Crippen LogP contribution in [0.1, 0.15) is 0 Å². The van der Waals surface area contributed by atoms with E-state index in [1.165, 1.54) is 0 Å². The minimum Gasteiger partial charge on any atom is -0.399 e. The highest BCUT2D eigenvalue weighted by Crippen LogP contribution is 2.28. The molecular formula is C14H15ClN4. The van der Waals surface area contributed by atoms with Crippen LogP contribution in [-0.2, 0) is 0 Å². The average Bonchev–Trinajstić information content (AvgIpc) is 2.38. The molecule has 0 spiro atoms. The third kappa shape index (κ3) is 3.45. The van der Waals surface area contributed by atoms with Gasteiger partial charge in [0.2, 0.25) is 0 Å². The summed E-state index contributed by atoms with van der Waals surface area (Å²) in [6, 6.07) is 12.9. The van der Waals surface area contributed by atoms with Crippen molar-refractivity contribution in [1.29, 1.82) is 0 Å². The Balaban J connectivity index is 2.18. The molecule has 0 aromatic heterocycles. The Hall–Kier alpha value is -2.07. The molecule has 0 aliphatic rings. The molecule has 2 rings (SSSR count). The molecule has 4 nitrogen and oxygen atoms in total. The third-order valence-electron chi connectivity index (χ3n) is 2.61. The average molecular weight is 275 g/mol. The molecule has 0 fully saturated rings. The Morgan fingerprint density at radius 2 is 1.68 bits per heavy atom. The number of benzene rings is 2. The molecule has 0 atom stereocenters. The zero-order chi connectivity index (χ0) is 13.8. The molecule has 0 aliphatic carbocycles. The van der Waals surface area contributed by atoms with Crippen LogP contribution in [0.4, 0.5) is 22.7 Å². The van der Waals surface area contributed by atoms with Gasteiger partial charge in [-0.3, -0.25) is 0 Å². The van der Waals surface area contributed by atoms with Gasteiger partial charge in [0.05, 0.1) is 10.7 Å². The topological polar surface area (TPSA) is 54.0 Å². The highest BCUT2D eigenvalue weighted by atomic mass is 35.5. The Bertz CT molecular complexity index is 591. The van der Waals surface area contributed by atoms with E-state index in [4.69, 9.17) is 17.3 Å². The number of nitrogens with two attached hydrogens (primary N) is 1. The second-order valence-electron chi connectivity index (χ2n) is 4.32. The van der Waals surface area contributed by atoms with Crippen LogP contribution in [0.3, 0.4) is 0 Å². The van der Waals surface area contributed by atoms with Crippen LogP contribution >= 0.6 is 11.6 Å². The van der Waals surface area contributed by atoms with E-state index in [1.807, 2.05) is 43.3 Å². The summed E-state index contributed by atoms with van der Waals surface area (Å²) in [7, 11) is 3.98. The molecule has 2 aromatic carbocycles. The molecule has 0 aliphatic heterocycles. The second kappa shape index (κ2) is 5.71. The summed E-state index contributed by atoms with van der Waals surface area (Å²) in [5, 5.41) is 8.76. The normalized spacial score (nSPS) is 10.9. The Labute approximate surface area is 117 Å². The van der Waals surface area contributed by atoms with Crippen LogP contribution in [0, 0.1) is 0 Å². The first-order chi connectivity index (χ1) is 9.06. The zero-order valence-electron chi connectivity index (χ0n) is 10.8. The first kappa shape index (κ1) is 13.4. The number of hydrogen-bond donors (Lipinski definition) is 1. The lowest BCUT2D eigenvalue weighted by molar-refractivity contribution is 1.13. The van der Waals surface area contributed by atoms with Crippen molar-refractivity contribution in [2.75, 3.05) is 24.7 Å². The summed E-state index contributed by atoms with van der Waals surface area (Å²) in [5.74, 6) is 0. The number of anilines is 2. The van der Waals surface area contributed by atoms with E-state index in [2.05, 4.69) is 10.2 Å². The van der Waals surface area contributed by atoms with Crippen LogP contribution in [-0.4, -0.2) is 14.1 Å². The van der Waals surface area contributed by atoms with Gasteiger partial charge < -0.3 is 10.6 Å². The molecule has 0 unspecified atom stereocenters.